The van der Waals surface area contributed by atoms with E-state index in [1.54, 1.807) is 17.0 Å². The highest BCUT2D eigenvalue weighted by atomic mass is 79.9. The third-order valence-electron chi connectivity index (χ3n) is 6.12. The van der Waals surface area contributed by atoms with Gasteiger partial charge in [-0.1, -0.05) is 39.0 Å². The largest absolute Gasteiger partial charge is 0.468 e. The molecule has 5 rings (SSSR count). The van der Waals surface area contributed by atoms with Gasteiger partial charge in [0.25, 0.3) is 0 Å². The van der Waals surface area contributed by atoms with E-state index in [0.717, 1.165) is 15.7 Å². The van der Waals surface area contributed by atoms with Crippen molar-refractivity contribution < 1.29 is 14.0 Å². The van der Waals surface area contributed by atoms with E-state index in [9.17, 15) is 14.9 Å². The molecule has 1 atom stereocenters. The first kappa shape index (κ1) is 25.3. The van der Waals surface area contributed by atoms with Gasteiger partial charge >= 0.3 is 0 Å². The maximum absolute atomic E-state index is 13.1. The number of rotatable bonds is 6. The average molecular weight is 598 g/mol. The van der Waals surface area contributed by atoms with Gasteiger partial charge in [-0.25, -0.2) is 0 Å². The zero-order chi connectivity index (χ0) is 26.1. The van der Waals surface area contributed by atoms with E-state index in [-0.39, 0.29) is 28.8 Å². The van der Waals surface area contributed by atoms with E-state index in [4.69, 9.17) is 10.2 Å². The van der Waals surface area contributed by atoms with E-state index in [2.05, 4.69) is 37.5 Å². The van der Waals surface area contributed by atoms with Crippen LogP contribution in [0.15, 0.2) is 72.5 Å². The summed E-state index contributed by atoms with van der Waals surface area (Å²) in [4.78, 5) is 27.3. The van der Waals surface area contributed by atoms with Crippen LogP contribution < -0.4 is 16.0 Å². The highest BCUT2D eigenvalue weighted by Crippen LogP contribution is 2.47. The van der Waals surface area contributed by atoms with Crippen molar-refractivity contribution in [3.8, 4) is 6.07 Å². The van der Waals surface area contributed by atoms with Crippen molar-refractivity contribution in [2.45, 2.75) is 36.4 Å². The Kier molecular flexibility index (Phi) is 7.19. The van der Waals surface area contributed by atoms with Gasteiger partial charge in [-0.3, -0.25) is 14.5 Å². The number of nitriles is 1. The number of amides is 1. The minimum atomic E-state index is -0.647. The molecular formula is C25H21BrN6O3S2. The highest BCUT2D eigenvalue weighted by molar-refractivity contribution is 9.10. The number of ketones is 1. The van der Waals surface area contributed by atoms with E-state index in [1.165, 1.54) is 29.4 Å². The lowest BCUT2D eigenvalue weighted by Gasteiger charge is -2.37. The van der Waals surface area contributed by atoms with Crippen LogP contribution in [0.2, 0.25) is 0 Å². The number of furan rings is 1. The lowest BCUT2D eigenvalue weighted by atomic mass is 9.78. The minimum absolute atomic E-state index is 0.0353. The fourth-order valence-electron chi connectivity index (χ4n) is 4.48. The Bertz CT molecular complexity index is 1490. The van der Waals surface area contributed by atoms with Crippen LogP contribution in [0.4, 0.5) is 10.8 Å². The summed E-state index contributed by atoms with van der Waals surface area (Å²) in [6.07, 6.45) is 3.19. The van der Waals surface area contributed by atoms with Crippen molar-refractivity contribution in [1.82, 2.24) is 10.2 Å². The predicted octanol–water partition coefficient (Wildman–Crippen LogP) is 5.24. The van der Waals surface area contributed by atoms with Gasteiger partial charge in [-0.05, 0) is 55.7 Å². The standard InChI is InChI=1S/C25H21BrN6O3S2/c1-13-10-14(26)7-8-16(13)29-20(34)12-36-25-31-30-24(37-25)32-17-4-2-5-18(33)22(17)21(15(11-27)23(32)28)19-6-3-9-35-19/h3,6-10,21H,2,4-5,12,28H2,1H3,(H,29,34). The molecule has 1 unspecified atom stereocenters. The van der Waals surface area contributed by atoms with Crippen LogP contribution in [-0.2, 0) is 9.59 Å². The molecule has 0 saturated carbocycles. The molecule has 1 aliphatic carbocycles. The SMILES string of the molecule is Cc1cc(Br)ccc1NC(=O)CSc1nnc(N2C(N)=C(C#N)C(c3ccco3)C3=C2CCCC3=O)s1. The second-order valence-corrected chi connectivity index (χ2v) is 11.6. The second-order valence-electron chi connectivity index (χ2n) is 8.48. The average Bonchev–Trinajstić information content (AvgIpc) is 3.56. The maximum atomic E-state index is 13.1. The monoisotopic (exact) mass is 596 g/mol. The van der Waals surface area contributed by atoms with Crippen LogP contribution in [0.25, 0.3) is 0 Å². The van der Waals surface area contributed by atoms with Crippen LogP contribution in [0.3, 0.4) is 0 Å². The lowest BCUT2D eigenvalue weighted by Crippen LogP contribution is -2.38. The molecule has 1 amide bonds. The van der Waals surface area contributed by atoms with Crippen molar-refractivity contribution >= 4 is 61.5 Å². The van der Waals surface area contributed by atoms with Crippen LogP contribution in [0.5, 0.6) is 0 Å². The number of thioether (sulfide) groups is 1. The molecule has 37 heavy (non-hydrogen) atoms. The van der Waals surface area contributed by atoms with Crippen molar-refractivity contribution in [3.05, 3.63) is 75.1 Å². The Morgan fingerprint density at radius 3 is 2.95 bits per heavy atom. The minimum Gasteiger partial charge on any atom is -0.468 e. The Hall–Kier alpha value is -3.40. The summed E-state index contributed by atoms with van der Waals surface area (Å²) in [5.74, 6) is 0.00115. The zero-order valence-electron chi connectivity index (χ0n) is 19.7. The number of aromatic nitrogens is 2. The molecule has 3 aromatic rings. The fourth-order valence-corrected chi connectivity index (χ4v) is 6.63. The Balaban J connectivity index is 1.39. The molecule has 9 nitrogen and oxygen atoms in total. The lowest BCUT2D eigenvalue weighted by molar-refractivity contribution is -0.116. The second kappa shape index (κ2) is 10.5. The van der Waals surface area contributed by atoms with E-state index < -0.39 is 5.92 Å². The number of allylic oxidation sites excluding steroid dienone is 3. The van der Waals surface area contributed by atoms with E-state index in [1.807, 2.05) is 25.1 Å². The molecule has 0 radical (unpaired) electrons. The molecule has 0 bridgehead atoms. The van der Waals surface area contributed by atoms with Gasteiger partial charge in [0.2, 0.25) is 11.0 Å². The number of hydrogen-bond acceptors (Lipinski definition) is 10. The normalized spacial score (nSPS) is 17.6. The van der Waals surface area contributed by atoms with Crippen molar-refractivity contribution in [2.24, 2.45) is 5.73 Å². The summed E-state index contributed by atoms with van der Waals surface area (Å²) < 4.78 is 7.10. The summed E-state index contributed by atoms with van der Waals surface area (Å²) in [6.45, 7) is 1.92. The first-order valence-corrected chi connectivity index (χ1v) is 14.0. The Morgan fingerprint density at radius 2 is 2.22 bits per heavy atom. The van der Waals surface area contributed by atoms with E-state index >= 15 is 0 Å². The van der Waals surface area contributed by atoms with Gasteiger partial charge in [-0.15, -0.1) is 10.2 Å². The number of nitrogens with one attached hydrogen (secondary N) is 1. The molecule has 1 aliphatic heterocycles. The molecule has 0 saturated heterocycles. The number of benzene rings is 1. The van der Waals surface area contributed by atoms with Gasteiger partial charge in [0, 0.05) is 27.9 Å². The van der Waals surface area contributed by atoms with Crippen LogP contribution in [0.1, 0.15) is 36.5 Å². The molecule has 188 valence electrons. The number of Topliss-reactive ketones (excluding diaryl/α,β-unsaturated/α-hetero) is 1. The predicted molar refractivity (Wildman–Crippen MR) is 145 cm³/mol. The van der Waals surface area contributed by atoms with Gasteiger partial charge in [0.05, 0.1) is 29.6 Å². The first-order chi connectivity index (χ1) is 17.9. The molecule has 0 spiro atoms. The molecular weight excluding hydrogens is 576 g/mol. The molecule has 12 heteroatoms. The van der Waals surface area contributed by atoms with E-state index in [0.29, 0.717) is 45.8 Å². The van der Waals surface area contributed by atoms with Crippen LogP contribution in [0, 0.1) is 18.3 Å². The third kappa shape index (κ3) is 4.94. The topological polar surface area (TPSA) is 138 Å². The smallest absolute Gasteiger partial charge is 0.234 e. The number of carbonyl (C=O) groups excluding carboxylic acids is 2. The first-order valence-electron chi connectivity index (χ1n) is 11.4. The van der Waals surface area contributed by atoms with Crippen molar-refractivity contribution in [2.75, 3.05) is 16.0 Å². The molecule has 1 aromatic carbocycles. The number of anilines is 2. The van der Waals surface area contributed by atoms with Crippen LogP contribution in [-0.4, -0.2) is 27.6 Å². The summed E-state index contributed by atoms with van der Waals surface area (Å²) in [6, 6.07) is 11.3. The molecule has 3 heterocycles. The van der Waals surface area contributed by atoms with Gasteiger partial charge in [-0.2, -0.15) is 5.26 Å². The van der Waals surface area contributed by atoms with Crippen molar-refractivity contribution in [1.29, 1.82) is 5.26 Å². The van der Waals surface area contributed by atoms with Gasteiger partial charge in [0.15, 0.2) is 10.1 Å². The number of nitrogens with two attached hydrogens (primary N) is 1. The van der Waals surface area contributed by atoms with Crippen molar-refractivity contribution in [3.63, 3.8) is 0 Å². The number of carbonyl (C=O) groups is 2. The number of aryl methyl sites for hydroxylation is 1. The number of nitrogens with zero attached hydrogens (tertiary/aromatic N) is 4. The highest BCUT2D eigenvalue weighted by Gasteiger charge is 2.42. The summed E-state index contributed by atoms with van der Waals surface area (Å²) in [5.41, 5.74) is 9.67. The number of halogens is 1. The fraction of sp³-hybridized carbons (Fsp3) is 0.240. The summed E-state index contributed by atoms with van der Waals surface area (Å²) in [7, 11) is 0. The quantitative estimate of drug-likeness (QED) is 0.366. The third-order valence-corrected chi connectivity index (χ3v) is 8.65. The van der Waals surface area contributed by atoms with Gasteiger partial charge < -0.3 is 15.5 Å². The molecule has 3 N–H and O–H groups in total. The summed E-state index contributed by atoms with van der Waals surface area (Å²) in [5, 5.41) is 21.9. The molecule has 2 aliphatic rings. The number of hydrogen-bond donors (Lipinski definition) is 2. The Labute approximate surface area is 229 Å². The Morgan fingerprint density at radius 1 is 1.38 bits per heavy atom. The molecule has 2 aromatic heterocycles. The zero-order valence-corrected chi connectivity index (χ0v) is 22.9. The molecule has 0 fully saturated rings. The maximum Gasteiger partial charge on any atom is 0.234 e. The van der Waals surface area contributed by atoms with Gasteiger partial charge in [0.1, 0.15) is 11.6 Å². The summed E-state index contributed by atoms with van der Waals surface area (Å²) >= 11 is 5.93. The van der Waals surface area contributed by atoms with Crippen LogP contribution >= 0.6 is 39.0 Å².